The largest absolute Gasteiger partial charge is 0.316 e. The molecule has 1 aromatic heterocycles. The van der Waals surface area contributed by atoms with Gasteiger partial charge in [-0.1, -0.05) is 19.4 Å². The maximum atomic E-state index is 4.72. The number of nitrogens with zero attached hydrogens (tertiary/aromatic N) is 1. The predicted octanol–water partition coefficient (Wildman–Crippen LogP) is 3.14. The van der Waals surface area contributed by atoms with Crippen molar-refractivity contribution in [2.45, 2.75) is 44.9 Å². The minimum absolute atomic E-state index is 0.724. The van der Waals surface area contributed by atoms with E-state index in [1.165, 1.54) is 56.5 Å². The average Bonchev–Trinajstić information content (AvgIpc) is 2.46. The van der Waals surface area contributed by atoms with Crippen LogP contribution in [0.1, 0.15) is 49.8 Å². The van der Waals surface area contributed by atoms with Crippen molar-refractivity contribution in [3.8, 4) is 0 Å². The third-order valence-corrected chi connectivity index (χ3v) is 4.95. The van der Waals surface area contributed by atoms with Gasteiger partial charge in [-0.25, -0.2) is 0 Å². The number of piperidine rings is 1. The van der Waals surface area contributed by atoms with Crippen LogP contribution in [0.4, 0.5) is 0 Å². The highest BCUT2D eigenvalue weighted by Crippen LogP contribution is 2.42. The predicted molar refractivity (Wildman–Crippen MR) is 74.7 cm³/mol. The van der Waals surface area contributed by atoms with Gasteiger partial charge in [0.2, 0.25) is 0 Å². The van der Waals surface area contributed by atoms with Crippen LogP contribution in [0.25, 0.3) is 0 Å². The molecule has 1 fully saturated rings. The Morgan fingerprint density at radius 1 is 1.39 bits per heavy atom. The molecule has 98 valence electrons. The van der Waals surface area contributed by atoms with Crippen LogP contribution in [0.5, 0.6) is 0 Å². The molecule has 0 saturated carbocycles. The van der Waals surface area contributed by atoms with Crippen molar-refractivity contribution in [3.63, 3.8) is 0 Å². The van der Waals surface area contributed by atoms with Crippen LogP contribution in [-0.4, -0.2) is 18.1 Å². The Balaban J connectivity index is 1.88. The van der Waals surface area contributed by atoms with Gasteiger partial charge in [0.05, 0.1) is 0 Å². The lowest BCUT2D eigenvalue weighted by Crippen LogP contribution is -2.39. The number of rotatable bonds is 2. The van der Waals surface area contributed by atoms with Crippen LogP contribution in [0, 0.1) is 11.8 Å². The first-order chi connectivity index (χ1) is 8.90. The van der Waals surface area contributed by atoms with E-state index in [1.807, 2.05) is 6.20 Å². The van der Waals surface area contributed by atoms with Crippen molar-refractivity contribution in [3.05, 3.63) is 29.6 Å². The van der Waals surface area contributed by atoms with E-state index in [1.54, 1.807) is 0 Å². The third kappa shape index (κ3) is 2.18. The van der Waals surface area contributed by atoms with Crippen LogP contribution in [0.15, 0.2) is 18.3 Å². The Bertz CT molecular complexity index is 402. The second-order valence-corrected chi connectivity index (χ2v) is 5.87. The molecule has 2 heteroatoms. The molecule has 1 aromatic rings. The Hall–Kier alpha value is -0.890. The van der Waals surface area contributed by atoms with E-state index in [2.05, 4.69) is 24.4 Å². The monoisotopic (exact) mass is 244 g/mol. The molecule has 1 saturated heterocycles. The number of fused-ring (bicyclic) bond motifs is 1. The first kappa shape index (κ1) is 12.2. The molecule has 2 aliphatic rings. The number of hydrogen-bond donors (Lipinski definition) is 1. The first-order valence-electron chi connectivity index (χ1n) is 7.54. The van der Waals surface area contributed by atoms with Gasteiger partial charge in [-0.2, -0.15) is 0 Å². The topological polar surface area (TPSA) is 24.9 Å². The highest BCUT2D eigenvalue weighted by molar-refractivity contribution is 5.27. The minimum atomic E-state index is 0.724. The summed E-state index contributed by atoms with van der Waals surface area (Å²) in [4.78, 5) is 4.72. The van der Waals surface area contributed by atoms with Gasteiger partial charge in [0.25, 0.3) is 0 Å². The summed E-state index contributed by atoms with van der Waals surface area (Å²) in [7, 11) is 0. The Morgan fingerprint density at radius 3 is 3.22 bits per heavy atom. The molecule has 3 atom stereocenters. The van der Waals surface area contributed by atoms with E-state index in [9.17, 15) is 0 Å². The molecule has 0 bridgehead atoms. The molecule has 3 rings (SSSR count). The summed E-state index contributed by atoms with van der Waals surface area (Å²) in [5.74, 6) is 2.42. The molecule has 0 aromatic carbocycles. The molecule has 0 radical (unpaired) electrons. The lowest BCUT2D eigenvalue weighted by molar-refractivity contribution is 0.195. The number of hydrogen-bond acceptors (Lipinski definition) is 2. The summed E-state index contributed by atoms with van der Waals surface area (Å²) >= 11 is 0. The third-order valence-electron chi connectivity index (χ3n) is 4.95. The van der Waals surface area contributed by atoms with Crippen molar-refractivity contribution in [1.29, 1.82) is 0 Å². The van der Waals surface area contributed by atoms with E-state index in [0.29, 0.717) is 0 Å². The summed E-state index contributed by atoms with van der Waals surface area (Å²) in [5, 5.41) is 3.56. The first-order valence-corrected chi connectivity index (χ1v) is 7.54. The highest BCUT2D eigenvalue weighted by atomic mass is 14.9. The molecule has 18 heavy (non-hydrogen) atoms. The van der Waals surface area contributed by atoms with Gasteiger partial charge in [0, 0.05) is 17.8 Å². The molecule has 0 amide bonds. The van der Waals surface area contributed by atoms with Gasteiger partial charge in [-0.3, -0.25) is 4.98 Å². The molecule has 3 unspecified atom stereocenters. The fourth-order valence-electron chi connectivity index (χ4n) is 3.98. The number of pyridine rings is 1. The van der Waals surface area contributed by atoms with Gasteiger partial charge in [0.1, 0.15) is 0 Å². The van der Waals surface area contributed by atoms with E-state index in [4.69, 9.17) is 4.98 Å². The molecular weight excluding hydrogens is 220 g/mol. The quantitative estimate of drug-likeness (QED) is 0.864. The molecule has 1 aliphatic carbocycles. The fourth-order valence-corrected chi connectivity index (χ4v) is 3.98. The average molecular weight is 244 g/mol. The summed E-state index contributed by atoms with van der Waals surface area (Å²) in [6, 6.07) is 4.39. The lowest BCUT2D eigenvalue weighted by atomic mass is 9.70. The van der Waals surface area contributed by atoms with Gasteiger partial charge in [-0.15, -0.1) is 0 Å². The summed E-state index contributed by atoms with van der Waals surface area (Å²) < 4.78 is 0. The molecule has 2 heterocycles. The highest BCUT2D eigenvalue weighted by Gasteiger charge is 2.34. The van der Waals surface area contributed by atoms with Crippen LogP contribution in [-0.2, 0) is 6.42 Å². The second-order valence-electron chi connectivity index (χ2n) is 5.87. The van der Waals surface area contributed by atoms with E-state index in [-0.39, 0.29) is 0 Å². The number of aromatic nitrogens is 1. The maximum absolute atomic E-state index is 4.72. The van der Waals surface area contributed by atoms with Crippen LogP contribution in [0.2, 0.25) is 0 Å². The van der Waals surface area contributed by atoms with Gasteiger partial charge < -0.3 is 5.32 Å². The number of nitrogens with one attached hydrogen (secondary N) is 1. The van der Waals surface area contributed by atoms with E-state index in [0.717, 1.165) is 17.8 Å². The Morgan fingerprint density at radius 2 is 2.33 bits per heavy atom. The van der Waals surface area contributed by atoms with Crippen molar-refractivity contribution in [2.75, 3.05) is 13.1 Å². The Labute approximate surface area is 110 Å². The van der Waals surface area contributed by atoms with E-state index < -0.39 is 0 Å². The summed E-state index contributed by atoms with van der Waals surface area (Å²) in [6.07, 6.45) is 8.56. The van der Waals surface area contributed by atoms with Gasteiger partial charge in [-0.05, 0) is 62.2 Å². The SMILES string of the molecule is CCC1CNCCC1C1CCCc2cccnc21. The molecule has 2 nitrogen and oxygen atoms in total. The van der Waals surface area contributed by atoms with Crippen LogP contribution < -0.4 is 5.32 Å². The standard InChI is InChI=1S/C16H24N2/c1-2-12-11-17-10-8-14(12)15-7-3-5-13-6-4-9-18-16(13)15/h4,6,9,12,14-15,17H,2-3,5,7-8,10-11H2,1H3. The van der Waals surface area contributed by atoms with Crippen molar-refractivity contribution in [1.82, 2.24) is 10.3 Å². The normalized spacial score (nSPS) is 31.9. The lowest BCUT2D eigenvalue weighted by Gasteiger charge is -2.39. The van der Waals surface area contributed by atoms with Crippen molar-refractivity contribution >= 4 is 0 Å². The van der Waals surface area contributed by atoms with Crippen LogP contribution >= 0.6 is 0 Å². The number of aryl methyl sites for hydroxylation is 1. The van der Waals surface area contributed by atoms with Gasteiger partial charge in [0.15, 0.2) is 0 Å². The second kappa shape index (κ2) is 5.40. The minimum Gasteiger partial charge on any atom is -0.316 e. The van der Waals surface area contributed by atoms with Crippen molar-refractivity contribution < 1.29 is 0 Å². The Kier molecular flexibility index (Phi) is 3.64. The zero-order valence-corrected chi connectivity index (χ0v) is 11.4. The fraction of sp³-hybridized carbons (Fsp3) is 0.688. The van der Waals surface area contributed by atoms with Crippen LogP contribution in [0.3, 0.4) is 0 Å². The summed E-state index contributed by atoms with van der Waals surface area (Å²) in [6.45, 7) is 4.74. The van der Waals surface area contributed by atoms with Gasteiger partial charge >= 0.3 is 0 Å². The molecule has 1 N–H and O–H groups in total. The van der Waals surface area contributed by atoms with Crippen molar-refractivity contribution in [2.24, 2.45) is 11.8 Å². The zero-order chi connectivity index (χ0) is 12.4. The maximum Gasteiger partial charge on any atom is 0.0469 e. The molecule has 1 aliphatic heterocycles. The zero-order valence-electron chi connectivity index (χ0n) is 11.4. The molecule has 0 spiro atoms. The van der Waals surface area contributed by atoms with E-state index >= 15 is 0 Å². The molecular formula is C16H24N2. The summed E-state index contributed by atoms with van der Waals surface area (Å²) in [5.41, 5.74) is 2.94. The smallest absolute Gasteiger partial charge is 0.0469 e.